The first-order chi connectivity index (χ1) is 24.9. The van der Waals surface area contributed by atoms with Gasteiger partial charge in [0.05, 0.1) is 24.6 Å². The molecular weight excluding hydrogens is 697 g/mol. The van der Waals surface area contributed by atoms with Crippen LogP contribution in [0, 0.1) is 13.8 Å². The summed E-state index contributed by atoms with van der Waals surface area (Å²) >= 11 is 2.79. The molecule has 52 heavy (non-hydrogen) atoms. The normalized spacial score (nSPS) is 10.7. The number of aromatic nitrogens is 4. The zero-order valence-corrected chi connectivity index (χ0v) is 31.6. The van der Waals surface area contributed by atoms with Gasteiger partial charge in [-0.15, -0.1) is 22.7 Å². The second kappa shape index (κ2) is 17.2. The van der Waals surface area contributed by atoms with Gasteiger partial charge in [-0.25, -0.2) is 19.6 Å². The summed E-state index contributed by atoms with van der Waals surface area (Å²) < 4.78 is 13.6. The third-order valence-electron chi connectivity index (χ3n) is 7.96. The van der Waals surface area contributed by atoms with Crippen molar-refractivity contribution in [1.82, 2.24) is 19.1 Å². The van der Waals surface area contributed by atoms with Crippen molar-refractivity contribution < 1.29 is 28.7 Å². The number of hydrogen-bond donors (Lipinski definition) is 0. The highest BCUT2D eigenvalue weighted by molar-refractivity contribution is 7.13. The molecule has 0 spiro atoms. The maximum absolute atomic E-state index is 12.5. The predicted molar refractivity (Wildman–Crippen MR) is 203 cm³/mol. The highest BCUT2D eigenvalue weighted by Crippen LogP contribution is 2.26. The molecule has 0 radical (unpaired) electrons. The predicted octanol–water partition coefficient (Wildman–Crippen LogP) is 8.12. The topological polar surface area (TPSA) is 122 Å². The first-order valence-electron chi connectivity index (χ1n) is 16.7. The fraction of sp³-hybridized carbons (Fsp3) is 0.250. The first-order valence-corrected chi connectivity index (χ1v) is 18.5. The Morgan fingerprint density at radius 3 is 1.29 bits per heavy atom. The minimum atomic E-state index is -0.407. The number of ketones is 2. The lowest BCUT2D eigenvalue weighted by atomic mass is 10.0. The summed E-state index contributed by atoms with van der Waals surface area (Å²) in [5.74, 6) is -0.635. The smallest absolute Gasteiger partial charge is 0.357 e. The standard InChI is InChI=1S/2C20H20N2O3S/c2*1-4-25-20(24)16-12-26-19(21-16)15-7-5-14(6-8-15)10-18(23)17-9-13(2)11-22(17)3/h2*5-9,11-12H,4,10H2,1-3H3. The molecule has 6 aromatic rings. The van der Waals surface area contributed by atoms with Crippen molar-refractivity contribution in [2.45, 2.75) is 40.5 Å². The van der Waals surface area contributed by atoms with Gasteiger partial charge in [-0.05, 0) is 62.1 Å². The van der Waals surface area contributed by atoms with Gasteiger partial charge in [0.2, 0.25) is 0 Å². The number of Topliss-reactive ketones (excluding diaryl/α,β-unsaturated/α-hetero) is 2. The molecule has 0 bridgehead atoms. The summed E-state index contributed by atoms with van der Waals surface area (Å²) in [5.41, 5.74) is 7.94. The number of esters is 2. The van der Waals surface area contributed by atoms with E-state index in [0.29, 0.717) is 48.8 Å². The largest absolute Gasteiger partial charge is 0.461 e. The van der Waals surface area contributed by atoms with Crippen LogP contribution in [0.3, 0.4) is 0 Å². The van der Waals surface area contributed by atoms with E-state index in [1.807, 2.05) is 110 Å². The molecular formula is C40H40N4O6S2. The van der Waals surface area contributed by atoms with Crippen molar-refractivity contribution in [3.8, 4) is 21.1 Å². The van der Waals surface area contributed by atoms with Crippen LogP contribution in [0.2, 0.25) is 0 Å². The maximum Gasteiger partial charge on any atom is 0.357 e. The summed E-state index contributed by atoms with van der Waals surface area (Å²) in [7, 11) is 3.76. The Hall–Kier alpha value is -5.46. The number of rotatable bonds is 12. The van der Waals surface area contributed by atoms with Crippen molar-refractivity contribution in [2.24, 2.45) is 14.1 Å². The van der Waals surface area contributed by atoms with Crippen LogP contribution in [0.15, 0.2) is 83.8 Å². The Balaban J connectivity index is 0.000000201. The Morgan fingerprint density at radius 1 is 0.615 bits per heavy atom. The van der Waals surface area contributed by atoms with E-state index in [2.05, 4.69) is 9.97 Å². The van der Waals surface area contributed by atoms with Crippen molar-refractivity contribution in [3.05, 3.63) is 129 Å². The fourth-order valence-corrected chi connectivity index (χ4v) is 7.10. The van der Waals surface area contributed by atoms with Crippen molar-refractivity contribution >= 4 is 46.2 Å². The SMILES string of the molecule is CCOC(=O)c1csc(-c2ccc(CC(=O)c3cc(C)cn3C)cc2)n1.CCOC(=O)c1csc(-c2ccc(CC(=O)c3cc(C)cn3C)cc2)n1. The van der Waals surface area contributed by atoms with E-state index in [4.69, 9.17) is 9.47 Å². The molecule has 268 valence electrons. The summed E-state index contributed by atoms with van der Waals surface area (Å²) in [6.07, 6.45) is 4.59. The molecule has 0 aliphatic carbocycles. The average molecular weight is 737 g/mol. The Labute approximate surface area is 310 Å². The molecule has 0 saturated heterocycles. The third-order valence-corrected chi connectivity index (χ3v) is 9.75. The summed E-state index contributed by atoms with van der Waals surface area (Å²) in [4.78, 5) is 57.0. The van der Waals surface area contributed by atoms with Crippen LogP contribution in [0.5, 0.6) is 0 Å². The third kappa shape index (κ3) is 9.45. The number of benzene rings is 2. The highest BCUT2D eigenvalue weighted by atomic mass is 32.1. The zero-order valence-electron chi connectivity index (χ0n) is 30.0. The van der Waals surface area contributed by atoms with Gasteiger partial charge in [0, 0.05) is 61.2 Å². The lowest BCUT2D eigenvalue weighted by molar-refractivity contribution is 0.0511. The molecule has 6 rings (SSSR count). The van der Waals surface area contributed by atoms with Gasteiger partial charge in [0.15, 0.2) is 23.0 Å². The van der Waals surface area contributed by atoms with Crippen LogP contribution < -0.4 is 0 Å². The number of ether oxygens (including phenoxy) is 2. The van der Waals surface area contributed by atoms with E-state index in [1.54, 1.807) is 24.6 Å². The van der Waals surface area contributed by atoms with Gasteiger partial charge in [-0.2, -0.15) is 0 Å². The molecule has 0 aliphatic rings. The van der Waals surface area contributed by atoms with Crippen molar-refractivity contribution in [3.63, 3.8) is 0 Å². The van der Waals surface area contributed by atoms with E-state index in [-0.39, 0.29) is 11.6 Å². The molecule has 10 nitrogen and oxygen atoms in total. The lowest BCUT2D eigenvalue weighted by Gasteiger charge is -2.04. The summed E-state index contributed by atoms with van der Waals surface area (Å²) in [5, 5.41) is 4.90. The molecule has 4 aromatic heterocycles. The van der Waals surface area contributed by atoms with E-state index in [9.17, 15) is 19.2 Å². The number of carbonyl (C=O) groups excluding carboxylic acids is 4. The quantitative estimate of drug-likeness (QED) is 0.0913. The molecule has 0 aliphatic heterocycles. The fourth-order valence-electron chi connectivity index (χ4n) is 5.51. The van der Waals surface area contributed by atoms with Crippen LogP contribution in [0.4, 0.5) is 0 Å². The summed E-state index contributed by atoms with van der Waals surface area (Å²) in [6, 6.07) is 19.2. The number of hydrogen-bond acceptors (Lipinski definition) is 10. The molecule has 4 heterocycles. The molecule has 0 N–H and O–H groups in total. The maximum atomic E-state index is 12.5. The first kappa shape index (κ1) is 37.8. The molecule has 0 amide bonds. The molecule has 0 saturated carbocycles. The molecule has 0 unspecified atom stereocenters. The highest BCUT2D eigenvalue weighted by Gasteiger charge is 2.16. The second-order valence-electron chi connectivity index (χ2n) is 12.1. The van der Waals surface area contributed by atoms with Gasteiger partial charge in [0.1, 0.15) is 10.0 Å². The molecule has 0 fully saturated rings. The van der Waals surface area contributed by atoms with Crippen LogP contribution >= 0.6 is 22.7 Å². The summed E-state index contributed by atoms with van der Waals surface area (Å²) in [6.45, 7) is 8.14. The van der Waals surface area contributed by atoms with E-state index in [1.165, 1.54) is 22.7 Å². The minimum Gasteiger partial charge on any atom is -0.461 e. The van der Waals surface area contributed by atoms with E-state index >= 15 is 0 Å². The van der Waals surface area contributed by atoms with E-state index < -0.39 is 11.9 Å². The average Bonchev–Trinajstić information content (AvgIpc) is 3.93. The van der Waals surface area contributed by atoms with Gasteiger partial charge >= 0.3 is 11.9 Å². The second-order valence-corrected chi connectivity index (χ2v) is 13.9. The molecule has 12 heteroatoms. The minimum absolute atomic E-state index is 0.0900. The van der Waals surface area contributed by atoms with Gasteiger partial charge in [-0.1, -0.05) is 48.5 Å². The van der Waals surface area contributed by atoms with Crippen LogP contribution in [0.25, 0.3) is 21.1 Å². The van der Waals surface area contributed by atoms with Gasteiger partial charge in [0.25, 0.3) is 0 Å². The molecule has 2 aromatic carbocycles. The van der Waals surface area contributed by atoms with Gasteiger partial charge < -0.3 is 18.6 Å². The molecule has 0 atom stereocenters. The Kier molecular flexibility index (Phi) is 12.5. The number of thiazole rings is 2. The monoisotopic (exact) mass is 736 g/mol. The van der Waals surface area contributed by atoms with E-state index in [0.717, 1.165) is 43.4 Å². The van der Waals surface area contributed by atoms with Crippen LogP contribution in [-0.2, 0) is 36.4 Å². The van der Waals surface area contributed by atoms with Crippen LogP contribution in [-0.4, -0.2) is 55.8 Å². The Bertz CT molecular complexity index is 2030. The van der Waals surface area contributed by atoms with Gasteiger partial charge in [-0.3, -0.25) is 9.59 Å². The number of carbonyl (C=O) groups is 4. The van der Waals surface area contributed by atoms with Crippen molar-refractivity contribution in [1.29, 1.82) is 0 Å². The number of aryl methyl sites for hydroxylation is 4. The number of nitrogens with zero attached hydrogens (tertiary/aromatic N) is 4. The zero-order chi connectivity index (χ0) is 37.4. The van der Waals surface area contributed by atoms with Crippen molar-refractivity contribution in [2.75, 3.05) is 13.2 Å². The Morgan fingerprint density at radius 2 is 0.981 bits per heavy atom. The lowest BCUT2D eigenvalue weighted by Crippen LogP contribution is -2.08. The van der Waals surface area contributed by atoms with Crippen LogP contribution in [0.1, 0.15) is 78.1 Å².